The molecule has 2 amide bonds. The number of hydrazone groups is 1. The largest absolute Gasteiger partial charge is 0.395 e. The number of aliphatic hydroxyl groups excluding tert-OH is 2. The smallest absolute Gasteiger partial charge is 0.274 e. The summed E-state index contributed by atoms with van der Waals surface area (Å²) in [6.45, 7) is 5.12. The number of aliphatic hydroxyl groups is 2. The van der Waals surface area contributed by atoms with Gasteiger partial charge in [0, 0.05) is 25.2 Å². The Bertz CT molecular complexity index is 1170. The van der Waals surface area contributed by atoms with E-state index in [9.17, 15) is 19.8 Å². The predicted molar refractivity (Wildman–Crippen MR) is 139 cm³/mol. The van der Waals surface area contributed by atoms with Crippen molar-refractivity contribution in [3.05, 3.63) is 87.3 Å². The van der Waals surface area contributed by atoms with Crippen molar-refractivity contribution in [1.29, 1.82) is 0 Å². The molecule has 3 rings (SSSR count). The molecule has 8 nitrogen and oxygen atoms in total. The molecule has 0 saturated heterocycles. The van der Waals surface area contributed by atoms with E-state index in [1.165, 1.54) is 11.3 Å². The van der Waals surface area contributed by atoms with Crippen molar-refractivity contribution in [3.63, 3.8) is 0 Å². The SMILES string of the molecule is Cc1ccc(/C=N/NC(=O)c2c(C)csc2NC(=O)c2cccc(CN(CCO)CCO)c2)cc1. The molecule has 0 unspecified atom stereocenters. The van der Waals surface area contributed by atoms with Crippen molar-refractivity contribution >= 4 is 34.4 Å². The number of thiophene rings is 1. The zero-order valence-electron chi connectivity index (χ0n) is 19.8. The third kappa shape index (κ3) is 7.56. The number of hydrogen-bond acceptors (Lipinski definition) is 7. The van der Waals surface area contributed by atoms with Gasteiger partial charge in [-0.15, -0.1) is 11.3 Å². The number of aryl methyl sites for hydroxylation is 2. The predicted octanol–water partition coefficient (Wildman–Crippen LogP) is 3.17. The molecule has 0 bridgehead atoms. The van der Waals surface area contributed by atoms with Gasteiger partial charge in [0.1, 0.15) is 5.00 Å². The van der Waals surface area contributed by atoms with Crippen LogP contribution in [0.1, 0.15) is 43.0 Å². The second kappa shape index (κ2) is 12.9. The molecule has 4 N–H and O–H groups in total. The van der Waals surface area contributed by atoms with E-state index in [1.54, 1.807) is 24.4 Å². The topological polar surface area (TPSA) is 114 Å². The fourth-order valence-electron chi connectivity index (χ4n) is 3.49. The Labute approximate surface area is 208 Å². The van der Waals surface area contributed by atoms with E-state index in [1.807, 2.05) is 54.5 Å². The molecule has 0 spiro atoms. The van der Waals surface area contributed by atoms with E-state index in [2.05, 4.69) is 15.8 Å². The van der Waals surface area contributed by atoms with Crippen molar-refractivity contribution in [2.75, 3.05) is 31.6 Å². The first-order valence-electron chi connectivity index (χ1n) is 11.2. The van der Waals surface area contributed by atoms with Crippen LogP contribution in [0.3, 0.4) is 0 Å². The van der Waals surface area contributed by atoms with Crippen LogP contribution in [0.4, 0.5) is 5.00 Å². The molecule has 184 valence electrons. The molecule has 0 atom stereocenters. The summed E-state index contributed by atoms with van der Waals surface area (Å²) >= 11 is 1.28. The number of benzene rings is 2. The van der Waals surface area contributed by atoms with Gasteiger partial charge in [0.15, 0.2) is 0 Å². The molecule has 1 aromatic heterocycles. The molecule has 0 aliphatic rings. The number of nitrogens with zero attached hydrogens (tertiary/aromatic N) is 2. The highest BCUT2D eigenvalue weighted by molar-refractivity contribution is 7.15. The molecule has 3 aromatic rings. The van der Waals surface area contributed by atoms with Crippen molar-refractivity contribution in [2.24, 2.45) is 5.10 Å². The Morgan fingerprint density at radius 2 is 1.74 bits per heavy atom. The summed E-state index contributed by atoms with van der Waals surface area (Å²) in [5.74, 6) is -0.735. The Hall–Kier alpha value is -3.37. The van der Waals surface area contributed by atoms with Gasteiger partial charge in [-0.25, -0.2) is 5.43 Å². The number of hydrogen-bond donors (Lipinski definition) is 4. The molecule has 0 aliphatic carbocycles. The molecule has 0 aliphatic heterocycles. The third-order valence-corrected chi connectivity index (χ3v) is 6.33. The van der Waals surface area contributed by atoms with Gasteiger partial charge < -0.3 is 15.5 Å². The number of carbonyl (C=O) groups excluding carboxylic acids is 2. The van der Waals surface area contributed by atoms with Crippen LogP contribution >= 0.6 is 11.3 Å². The number of carbonyl (C=O) groups is 2. The molecule has 35 heavy (non-hydrogen) atoms. The van der Waals surface area contributed by atoms with E-state index in [0.29, 0.717) is 35.8 Å². The van der Waals surface area contributed by atoms with Crippen LogP contribution < -0.4 is 10.7 Å². The van der Waals surface area contributed by atoms with Crippen LogP contribution in [-0.4, -0.2) is 59.4 Å². The maximum Gasteiger partial charge on any atom is 0.274 e. The van der Waals surface area contributed by atoms with Gasteiger partial charge in [-0.3, -0.25) is 14.5 Å². The fraction of sp³-hybridized carbons (Fsp3) is 0.269. The molecule has 0 saturated carbocycles. The van der Waals surface area contributed by atoms with Gasteiger partial charge in [0.2, 0.25) is 0 Å². The molecule has 2 aromatic carbocycles. The lowest BCUT2D eigenvalue weighted by molar-refractivity contribution is 0.0955. The fourth-order valence-corrected chi connectivity index (χ4v) is 4.43. The minimum Gasteiger partial charge on any atom is -0.395 e. The molecular formula is C26H30N4O4S. The van der Waals surface area contributed by atoms with E-state index < -0.39 is 5.91 Å². The van der Waals surface area contributed by atoms with Crippen LogP contribution in [0.2, 0.25) is 0 Å². The van der Waals surface area contributed by atoms with E-state index in [-0.39, 0.29) is 19.1 Å². The van der Waals surface area contributed by atoms with Crippen molar-refractivity contribution < 1.29 is 19.8 Å². The highest BCUT2D eigenvalue weighted by Gasteiger charge is 2.19. The summed E-state index contributed by atoms with van der Waals surface area (Å²) in [6, 6.07) is 14.9. The average Bonchev–Trinajstić information content (AvgIpc) is 3.20. The maximum atomic E-state index is 13.0. The van der Waals surface area contributed by atoms with E-state index in [4.69, 9.17) is 0 Å². The second-order valence-corrected chi connectivity index (χ2v) is 8.99. The average molecular weight is 495 g/mol. The maximum absolute atomic E-state index is 13.0. The van der Waals surface area contributed by atoms with Crippen molar-refractivity contribution in [1.82, 2.24) is 10.3 Å². The molecule has 0 radical (unpaired) electrons. The standard InChI is InChI=1S/C26H30N4O4S/c1-18-6-8-20(9-7-18)15-27-29-25(34)23-19(2)17-35-26(23)28-24(33)22-5-3-4-21(14-22)16-30(10-12-31)11-13-32/h3-9,14-15,17,31-32H,10-13,16H2,1-2H3,(H,28,33)(H,29,34)/b27-15+. The monoisotopic (exact) mass is 494 g/mol. The summed E-state index contributed by atoms with van der Waals surface area (Å²) in [7, 11) is 0. The first-order valence-corrected chi connectivity index (χ1v) is 12.1. The molecule has 9 heteroatoms. The lowest BCUT2D eigenvalue weighted by Crippen LogP contribution is -2.29. The molecule has 0 fully saturated rings. The van der Waals surface area contributed by atoms with Crippen molar-refractivity contribution in [3.8, 4) is 0 Å². The minimum atomic E-state index is -0.403. The van der Waals surface area contributed by atoms with Gasteiger partial charge in [0.25, 0.3) is 11.8 Å². The van der Waals surface area contributed by atoms with Gasteiger partial charge in [-0.2, -0.15) is 5.10 Å². The lowest BCUT2D eigenvalue weighted by atomic mass is 10.1. The Balaban J connectivity index is 1.68. The third-order valence-electron chi connectivity index (χ3n) is 5.31. The Morgan fingerprint density at radius 3 is 2.43 bits per heavy atom. The van der Waals surface area contributed by atoms with Crippen LogP contribution in [0.25, 0.3) is 0 Å². The molecular weight excluding hydrogens is 464 g/mol. The number of nitrogens with one attached hydrogen (secondary N) is 2. The zero-order chi connectivity index (χ0) is 25.2. The van der Waals surface area contributed by atoms with Crippen LogP contribution in [0, 0.1) is 13.8 Å². The van der Waals surface area contributed by atoms with Crippen molar-refractivity contribution in [2.45, 2.75) is 20.4 Å². The Morgan fingerprint density at radius 1 is 1.03 bits per heavy atom. The van der Waals surface area contributed by atoms with Crippen LogP contribution in [0.15, 0.2) is 59.0 Å². The number of rotatable bonds is 11. The summed E-state index contributed by atoms with van der Waals surface area (Å²) in [4.78, 5) is 27.6. The minimum absolute atomic E-state index is 0.0161. The number of anilines is 1. The highest BCUT2D eigenvalue weighted by atomic mass is 32.1. The molecule has 1 heterocycles. The first-order chi connectivity index (χ1) is 16.9. The second-order valence-electron chi connectivity index (χ2n) is 8.11. The normalized spacial score (nSPS) is 11.2. The summed E-state index contributed by atoms with van der Waals surface area (Å²) in [5.41, 5.74) is 6.98. The van der Waals surface area contributed by atoms with E-state index in [0.717, 1.165) is 22.3 Å². The first kappa shape index (κ1) is 26.2. The number of amides is 2. The summed E-state index contributed by atoms with van der Waals surface area (Å²) < 4.78 is 0. The zero-order valence-corrected chi connectivity index (χ0v) is 20.6. The van der Waals surface area contributed by atoms with Gasteiger partial charge >= 0.3 is 0 Å². The van der Waals surface area contributed by atoms with Gasteiger partial charge in [0.05, 0.1) is 25.0 Å². The quantitative estimate of drug-likeness (QED) is 0.242. The summed E-state index contributed by atoms with van der Waals surface area (Å²) in [5, 5.41) is 27.6. The highest BCUT2D eigenvalue weighted by Crippen LogP contribution is 2.28. The van der Waals surface area contributed by atoms with Gasteiger partial charge in [-0.05, 0) is 48.1 Å². The van der Waals surface area contributed by atoms with Gasteiger partial charge in [-0.1, -0.05) is 42.0 Å². The lowest BCUT2D eigenvalue weighted by Gasteiger charge is -2.20. The van der Waals surface area contributed by atoms with E-state index >= 15 is 0 Å². The van der Waals surface area contributed by atoms with Crippen LogP contribution in [0.5, 0.6) is 0 Å². The summed E-state index contributed by atoms with van der Waals surface area (Å²) in [6.07, 6.45) is 1.57. The van der Waals surface area contributed by atoms with Crippen LogP contribution in [-0.2, 0) is 6.54 Å². The Kier molecular flexibility index (Phi) is 9.68.